The molecule has 2 N–H and O–H groups in total. The van der Waals surface area contributed by atoms with Crippen LogP contribution in [0.4, 0.5) is 0 Å². The first kappa shape index (κ1) is 19.8. The molecule has 0 fully saturated rings. The lowest BCUT2D eigenvalue weighted by molar-refractivity contribution is 0.249. The highest BCUT2D eigenvalue weighted by Crippen LogP contribution is 2.33. The van der Waals surface area contributed by atoms with Crippen molar-refractivity contribution in [3.05, 3.63) is 92.3 Å². The van der Waals surface area contributed by atoms with Crippen molar-refractivity contribution in [1.82, 2.24) is 14.6 Å². The van der Waals surface area contributed by atoms with Gasteiger partial charge in [-0.2, -0.15) is 0 Å². The maximum absolute atomic E-state index is 13.1. The standard InChI is InChI=1S/C24H24N4O2S/c1-16-7-5-6-10-19(16)30-15-21-26-23-22(24(29)28(21)25)18-11-12-27(14-20(18)31-23)13-17-8-3-2-4-9-17/h2-10H,11-15,25H2,1H3. The zero-order chi connectivity index (χ0) is 21.4. The van der Waals surface area contributed by atoms with E-state index >= 15 is 0 Å². The van der Waals surface area contributed by atoms with Crippen molar-refractivity contribution in [2.24, 2.45) is 0 Å². The molecule has 0 bridgehead atoms. The lowest BCUT2D eigenvalue weighted by Crippen LogP contribution is -2.33. The Hall–Kier alpha value is -3.16. The highest BCUT2D eigenvalue weighted by atomic mass is 32.1. The van der Waals surface area contributed by atoms with Gasteiger partial charge in [0.25, 0.3) is 5.56 Å². The number of nitrogens with zero attached hydrogens (tertiary/aromatic N) is 3. The first-order chi connectivity index (χ1) is 15.1. The van der Waals surface area contributed by atoms with Crippen molar-refractivity contribution < 1.29 is 4.74 Å². The number of aromatic nitrogens is 2. The summed E-state index contributed by atoms with van der Waals surface area (Å²) < 4.78 is 7.03. The van der Waals surface area contributed by atoms with Gasteiger partial charge in [0.15, 0.2) is 5.82 Å². The Morgan fingerprint density at radius 2 is 1.90 bits per heavy atom. The summed E-state index contributed by atoms with van der Waals surface area (Å²) in [5.41, 5.74) is 3.24. The predicted molar refractivity (Wildman–Crippen MR) is 124 cm³/mol. The first-order valence-electron chi connectivity index (χ1n) is 10.4. The first-order valence-corrected chi connectivity index (χ1v) is 11.2. The van der Waals surface area contributed by atoms with Crippen LogP contribution in [0, 0.1) is 6.92 Å². The Balaban J connectivity index is 1.42. The van der Waals surface area contributed by atoms with Gasteiger partial charge >= 0.3 is 0 Å². The number of nitrogens with two attached hydrogens (primary N) is 1. The summed E-state index contributed by atoms with van der Waals surface area (Å²) in [6.07, 6.45) is 0.831. The van der Waals surface area contributed by atoms with Crippen LogP contribution in [0.5, 0.6) is 5.75 Å². The molecule has 0 saturated heterocycles. The Morgan fingerprint density at radius 1 is 1.13 bits per heavy atom. The molecule has 3 heterocycles. The zero-order valence-electron chi connectivity index (χ0n) is 17.4. The largest absolute Gasteiger partial charge is 0.485 e. The molecule has 2 aromatic carbocycles. The van der Waals surface area contributed by atoms with Crippen LogP contribution in [-0.2, 0) is 26.1 Å². The van der Waals surface area contributed by atoms with E-state index in [-0.39, 0.29) is 12.2 Å². The van der Waals surface area contributed by atoms with E-state index in [2.05, 4.69) is 29.2 Å². The molecule has 0 saturated carbocycles. The van der Waals surface area contributed by atoms with Crippen LogP contribution >= 0.6 is 11.3 Å². The number of aryl methyl sites for hydroxylation is 1. The molecule has 4 aromatic rings. The highest BCUT2D eigenvalue weighted by molar-refractivity contribution is 7.18. The molecule has 0 radical (unpaired) electrons. The fraction of sp³-hybridized carbons (Fsp3) is 0.250. The number of ether oxygens (including phenoxy) is 1. The van der Waals surface area contributed by atoms with Crippen LogP contribution in [0.15, 0.2) is 59.4 Å². The summed E-state index contributed by atoms with van der Waals surface area (Å²) >= 11 is 1.60. The van der Waals surface area contributed by atoms with Crippen LogP contribution in [0.2, 0.25) is 0 Å². The molecule has 1 aliphatic heterocycles. The summed E-state index contributed by atoms with van der Waals surface area (Å²) in [7, 11) is 0. The van der Waals surface area contributed by atoms with E-state index < -0.39 is 0 Å². The number of fused-ring (bicyclic) bond motifs is 3. The minimum Gasteiger partial charge on any atom is -0.485 e. The van der Waals surface area contributed by atoms with E-state index in [9.17, 15) is 4.79 Å². The summed E-state index contributed by atoms with van der Waals surface area (Å²) in [6, 6.07) is 18.2. The molecule has 0 atom stereocenters. The zero-order valence-corrected chi connectivity index (χ0v) is 18.2. The lowest BCUT2D eigenvalue weighted by Gasteiger charge is -2.26. The summed E-state index contributed by atoms with van der Waals surface area (Å²) in [5, 5.41) is 0.668. The molecule has 6 nitrogen and oxygen atoms in total. The summed E-state index contributed by atoms with van der Waals surface area (Å²) in [4.78, 5) is 22.1. The number of thiophene rings is 1. The molecule has 31 heavy (non-hydrogen) atoms. The van der Waals surface area contributed by atoms with Gasteiger partial charge in [0, 0.05) is 24.5 Å². The van der Waals surface area contributed by atoms with Gasteiger partial charge < -0.3 is 10.6 Å². The minimum absolute atomic E-state index is 0.148. The van der Waals surface area contributed by atoms with Gasteiger partial charge in [-0.15, -0.1) is 11.3 Å². The molecular formula is C24H24N4O2S. The SMILES string of the molecule is Cc1ccccc1OCc1nc2sc3c(c2c(=O)n1N)CCN(Cc1ccccc1)C3. The van der Waals surface area contributed by atoms with E-state index in [1.807, 2.05) is 37.3 Å². The molecule has 0 unspecified atom stereocenters. The van der Waals surface area contributed by atoms with Gasteiger partial charge in [-0.3, -0.25) is 9.69 Å². The topological polar surface area (TPSA) is 73.4 Å². The van der Waals surface area contributed by atoms with Crippen LogP contribution in [0.25, 0.3) is 10.2 Å². The number of rotatable bonds is 5. The number of benzene rings is 2. The number of nitrogen functional groups attached to an aromatic ring is 1. The van der Waals surface area contributed by atoms with Crippen molar-refractivity contribution in [3.8, 4) is 5.75 Å². The Bertz CT molecular complexity index is 1300. The van der Waals surface area contributed by atoms with Crippen molar-refractivity contribution in [2.75, 3.05) is 12.4 Å². The maximum atomic E-state index is 13.1. The summed E-state index contributed by atoms with van der Waals surface area (Å²) in [6.45, 7) is 4.77. The van der Waals surface area contributed by atoms with Gasteiger partial charge in [-0.1, -0.05) is 48.5 Å². The second-order valence-corrected chi connectivity index (χ2v) is 8.97. The minimum atomic E-state index is -0.192. The fourth-order valence-electron chi connectivity index (χ4n) is 4.09. The third-order valence-corrected chi connectivity index (χ3v) is 6.87. The monoisotopic (exact) mass is 432 g/mol. The second-order valence-electron chi connectivity index (χ2n) is 7.89. The third-order valence-electron chi connectivity index (χ3n) is 5.76. The number of para-hydroxylation sites is 1. The molecule has 0 spiro atoms. The fourth-order valence-corrected chi connectivity index (χ4v) is 5.36. The van der Waals surface area contributed by atoms with E-state index in [0.717, 1.165) is 52.4 Å². The smallest absolute Gasteiger partial charge is 0.281 e. The Kier molecular flexibility index (Phi) is 5.21. The molecule has 1 aliphatic rings. The van der Waals surface area contributed by atoms with Crippen molar-refractivity contribution >= 4 is 21.6 Å². The molecule has 0 amide bonds. The van der Waals surface area contributed by atoms with Gasteiger partial charge in [0.05, 0.1) is 5.39 Å². The van der Waals surface area contributed by atoms with Crippen LogP contribution < -0.4 is 16.1 Å². The van der Waals surface area contributed by atoms with Gasteiger partial charge in [0.1, 0.15) is 17.2 Å². The normalized spacial score (nSPS) is 14.0. The maximum Gasteiger partial charge on any atom is 0.281 e. The molecule has 2 aromatic heterocycles. The van der Waals surface area contributed by atoms with E-state index in [1.165, 1.54) is 10.4 Å². The molecule has 0 aliphatic carbocycles. The molecule has 158 valence electrons. The van der Waals surface area contributed by atoms with Crippen molar-refractivity contribution in [2.45, 2.75) is 33.0 Å². The molecular weight excluding hydrogens is 408 g/mol. The predicted octanol–water partition coefficient (Wildman–Crippen LogP) is 3.62. The van der Waals surface area contributed by atoms with Crippen LogP contribution in [0.3, 0.4) is 0 Å². The van der Waals surface area contributed by atoms with E-state index in [4.69, 9.17) is 15.6 Å². The molecule has 7 heteroatoms. The third kappa shape index (κ3) is 3.82. The average molecular weight is 433 g/mol. The quantitative estimate of drug-likeness (QED) is 0.488. The Morgan fingerprint density at radius 3 is 2.71 bits per heavy atom. The Labute approximate surface area is 184 Å². The van der Waals surface area contributed by atoms with Crippen LogP contribution in [0.1, 0.15) is 27.4 Å². The van der Waals surface area contributed by atoms with Crippen molar-refractivity contribution in [1.29, 1.82) is 0 Å². The number of hydrogen-bond donors (Lipinski definition) is 1. The van der Waals surface area contributed by atoms with Gasteiger partial charge in [-0.25, -0.2) is 9.66 Å². The lowest BCUT2D eigenvalue weighted by atomic mass is 10.0. The van der Waals surface area contributed by atoms with E-state index in [0.29, 0.717) is 11.2 Å². The van der Waals surface area contributed by atoms with Gasteiger partial charge in [-0.05, 0) is 36.1 Å². The van der Waals surface area contributed by atoms with Gasteiger partial charge in [0.2, 0.25) is 0 Å². The highest BCUT2D eigenvalue weighted by Gasteiger charge is 2.25. The van der Waals surface area contributed by atoms with Crippen molar-refractivity contribution in [3.63, 3.8) is 0 Å². The molecule has 5 rings (SSSR count). The number of hydrogen-bond acceptors (Lipinski definition) is 6. The summed E-state index contributed by atoms with van der Waals surface area (Å²) in [5.74, 6) is 7.32. The average Bonchev–Trinajstić information content (AvgIpc) is 3.14. The van der Waals surface area contributed by atoms with E-state index in [1.54, 1.807) is 11.3 Å². The van der Waals surface area contributed by atoms with Crippen LogP contribution in [-0.4, -0.2) is 21.1 Å². The second kappa shape index (κ2) is 8.17.